The van der Waals surface area contributed by atoms with Gasteiger partial charge in [-0.25, -0.2) is 0 Å². The van der Waals surface area contributed by atoms with Gasteiger partial charge in [0, 0.05) is 26.2 Å². The summed E-state index contributed by atoms with van der Waals surface area (Å²) in [7, 11) is 0. The van der Waals surface area contributed by atoms with E-state index in [4.69, 9.17) is 10.5 Å². The van der Waals surface area contributed by atoms with Crippen molar-refractivity contribution in [3.63, 3.8) is 0 Å². The summed E-state index contributed by atoms with van der Waals surface area (Å²) in [5.74, 6) is 0. The maximum Gasteiger partial charge on any atom is 0.104 e. The first-order chi connectivity index (χ1) is 10.2. The minimum atomic E-state index is -0.970. The summed E-state index contributed by atoms with van der Waals surface area (Å²) in [5.41, 5.74) is 5.64. The molecule has 0 aliphatic rings. The summed E-state index contributed by atoms with van der Waals surface area (Å²) < 4.78 is 5.64. The zero-order valence-corrected chi connectivity index (χ0v) is 13.4. The number of unbranched alkanes of at least 4 members (excludes halogenated alkanes) is 5. The van der Waals surface area contributed by atoms with E-state index in [1.54, 1.807) is 0 Å². The van der Waals surface area contributed by atoms with E-state index in [9.17, 15) is 5.11 Å². The lowest BCUT2D eigenvalue weighted by molar-refractivity contribution is 0.00224. The topological polar surface area (TPSA) is 55.5 Å². The Balaban J connectivity index is 2.15. The van der Waals surface area contributed by atoms with Gasteiger partial charge >= 0.3 is 0 Å². The molecule has 0 radical (unpaired) electrons. The van der Waals surface area contributed by atoms with Gasteiger partial charge < -0.3 is 15.6 Å². The molecule has 3 nitrogen and oxygen atoms in total. The molecular weight excluding hydrogens is 262 g/mol. The van der Waals surface area contributed by atoms with E-state index in [0.29, 0.717) is 13.0 Å². The number of hydrogen-bond acceptors (Lipinski definition) is 3. The molecule has 0 aromatic heterocycles. The molecule has 21 heavy (non-hydrogen) atoms. The standard InChI is InChI=1S/C18H31NO2/c1-2-3-4-5-6-10-14-21-15-13-18(20,16-19)17-11-8-7-9-12-17/h7-9,11-12,20H,2-6,10,13-16,19H2,1H3. The largest absolute Gasteiger partial charge is 0.384 e. The smallest absolute Gasteiger partial charge is 0.104 e. The maximum atomic E-state index is 10.6. The zero-order chi connectivity index (χ0) is 15.4. The maximum absolute atomic E-state index is 10.6. The van der Waals surface area contributed by atoms with Crippen molar-refractivity contribution in [1.29, 1.82) is 0 Å². The van der Waals surface area contributed by atoms with E-state index in [1.165, 1.54) is 32.1 Å². The summed E-state index contributed by atoms with van der Waals surface area (Å²) in [6, 6.07) is 9.62. The highest BCUT2D eigenvalue weighted by molar-refractivity contribution is 5.22. The highest BCUT2D eigenvalue weighted by Gasteiger charge is 2.26. The van der Waals surface area contributed by atoms with Crippen molar-refractivity contribution >= 4 is 0 Å². The van der Waals surface area contributed by atoms with Crippen molar-refractivity contribution in [2.45, 2.75) is 57.5 Å². The number of aliphatic hydroxyl groups is 1. The summed E-state index contributed by atoms with van der Waals surface area (Å²) >= 11 is 0. The Morgan fingerprint density at radius 2 is 1.67 bits per heavy atom. The highest BCUT2D eigenvalue weighted by atomic mass is 16.5. The molecule has 1 aromatic rings. The monoisotopic (exact) mass is 293 g/mol. The van der Waals surface area contributed by atoms with Gasteiger partial charge in [0.2, 0.25) is 0 Å². The number of benzene rings is 1. The van der Waals surface area contributed by atoms with Crippen molar-refractivity contribution in [1.82, 2.24) is 0 Å². The van der Waals surface area contributed by atoms with Crippen molar-refractivity contribution < 1.29 is 9.84 Å². The Morgan fingerprint density at radius 3 is 2.33 bits per heavy atom. The molecule has 1 rings (SSSR count). The lowest BCUT2D eigenvalue weighted by atomic mass is 9.91. The highest BCUT2D eigenvalue weighted by Crippen LogP contribution is 2.23. The number of nitrogens with two attached hydrogens (primary N) is 1. The van der Waals surface area contributed by atoms with Crippen molar-refractivity contribution in [3.8, 4) is 0 Å². The summed E-state index contributed by atoms with van der Waals surface area (Å²) in [5, 5.41) is 10.6. The minimum absolute atomic E-state index is 0.220. The first kappa shape index (κ1) is 18.1. The molecule has 120 valence electrons. The van der Waals surface area contributed by atoms with Gasteiger partial charge in [0.1, 0.15) is 5.60 Å². The molecule has 0 saturated heterocycles. The summed E-state index contributed by atoms with van der Waals surface area (Å²) in [4.78, 5) is 0. The Bertz CT molecular complexity index is 355. The second-order valence-corrected chi connectivity index (χ2v) is 5.73. The van der Waals surface area contributed by atoms with Crippen LogP contribution in [0.15, 0.2) is 30.3 Å². The van der Waals surface area contributed by atoms with Crippen LogP contribution >= 0.6 is 0 Å². The van der Waals surface area contributed by atoms with E-state index in [0.717, 1.165) is 18.6 Å². The fraction of sp³-hybridized carbons (Fsp3) is 0.667. The third-order valence-corrected chi connectivity index (χ3v) is 3.95. The molecule has 1 aromatic carbocycles. The van der Waals surface area contributed by atoms with Crippen molar-refractivity contribution in [3.05, 3.63) is 35.9 Å². The van der Waals surface area contributed by atoms with Gasteiger partial charge in [-0.15, -0.1) is 0 Å². The number of hydrogen-bond donors (Lipinski definition) is 2. The van der Waals surface area contributed by atoms with Crippen LogP contribution in [0.2, 0.25) is 0 Å². The quantitative estimate of drug-likeness (QED) is 0.579. The Kier molecular flexibility index (Phi) is 9.31. The zero-order valence-electron chi connectivity index (χ0n) is 13.4. The first-order valence-corrected chi connectivity index (χ1v) is 8.28. The van der Waals surface area contributed by atoms with E-state index in [2.05, 4.69) is 6.92 Å². The molecule has 3 heteroatoms. The molecule has 0 heterocycles. The normalized spacial score (nSPS) is 14.0. The average molecular weight is 293 g/mol. The Hall–Kier alpha value is -0.900. The molecule has 0 fully saturated rings. The molecule has 0 aliphatic heterocycles. The van der Waals surface area contributed by atoms with Crippen LogP contribution in [0.5, 0.6) is 0 Å². The predicted octanol–water partition coefficient (Wildman–Crippen LogP) is 3.60. The summed E-state index contributed by atoms with van der Waals surface area (Å²) in [6.45, 7) is 3.78. The second-order valence-electron chi connectivity index (χ2n) is 5.73. The van der Waals surface area contributed by atoms with Crippen LogP contribution in [0.25, 0.3) is 0 Å². The van der Waals surface area contributed by atoms with Crippen LogP contribution in [0, 0.1) is 0 Å². The predicted molar refractivity (Wildman–Crippen MR) is 88.2 cm³/mol. The SMILES string of the molecule is CCCCCCCCOCCC(O)(CN)c1ccccc1. The fourth-order valence-electron chi connectivity index (χ4n) is 2.44. The van der Waals surface area contributed by atoms with Gasteiger partial charge in [-0.2, -0.15) is 0 Å². The van der Waals surface area contributed by atoms with E-state index in [-0.39, 0.29) is 6.54 Å². The molecule has 1 unspecified atom stereocenters. The molecule has 0 spiro atoms. The van der Waals surface area contributed by atoms with Crippen LogP contribution in [-0.4, -0.2) is 24.9 Å². The Morgan fingerprint density at radius 1 is 1.00 bits per heavy atom. The molecular formula is C18H31NO2. The number of rotatable bonds is 12. The van der Waals surface area contributed by atoms with Gasteiger partial charge in [-0.05, 0) is 12.0 Å². The molecule has 0 aliphatic carbocycles. The van der Waals surface area contributed by atoms with Gasteiger partial charge in [-0.1, -0.05) is 69.4 Å². The lowest BCUT2D eigenvalue weighted by Crippen LogP contribution is -2.36. The van der Waals surface area contributed by atoms with Crippen LogP contribution in [0.1, 0.15) is 57.4 Å². The van der Waals surface area contributed by atoms with Crippen LogP contribution in [0.3, 0.4) is 0 Å². The van der Waals surface area contributed by atoms with Crippen LogP contribution < -0.4 is 5.73 Å². The lowest BCUT2D eigenvalue weighted by Gasteiger charge is -2.27. The average Bonchev–Trinajstić information content (AvgIpc) is 2.54. The van der Waals surface area contributed by atoms with Crippen LogP contribution in [0.4, 0.5) is 0 Å². The fourth-order valence-corrected chi connectivity index (χ4v) is 2.44. The summed E-state index contributed by atoms with van der Waals surface area (Å²) in [6.07, 6.45) is 8.14. The number of ether oxygens (including phenoxy) is 1. The van der Waals surface area contributed by atoms with Gasteiger partial charge in [-0.3, -0.25) is 0 Å². The molecule has 0 saturated carbocycles. The first-order valence-electron chi connectivity index (χ1n) is 8.28. The van der Waals surface area contributed by atoms with Gasteiger partial charge in [0.05, 0.1) is 0 Å². The molecule has 0 bridgehead atoms. The second kappa shape index (κ2) is 10.8. The van der Waals surface area contributed by atoms with Gasteiger partial charge in [0.25, 0.3) is 0 Å². The Labute approximate surface area is 129 Å². The third kappa shape index (κ3) is 7.07. The van der Waals surface area contributed by atoms with Crippen molar-refractivity contribution in [2.24, 2.45) is 5.73 Å². The van der Waals surface area contributed by atoms with Crippen LogP contribution in [-0.2, 0) is 10.3 Å². The van der Waals surface area contributed by atoms with Gasteiger partial charge in [0.15, 0.2) is 0 Å². The van der Waals surface area contributed by atoms with E-state index >= 15 is 0 Å². The minimum Gasteiger partial charge on any atom is -0.384 e. The van der Waals surface area contributed by atoms with E-state index < -0.39 is 5.60 Å². The molecule has 1 atom stereocenters. The molecule has 3 N–H and O–H groups in total. The van der Waals surface area contributed by atoms with E-state index in [1.807, 2.05) is 30.3 Å². The molecule has 0 amide bonds. The third-order valence-electron chi connectivity index (χ3n) is 3.95. The van der Waals surface area contributed by atoms with Crippen molar-refractivity contribution in [2.75, 3.05) is 19.8 Å².